The van der Waals surface area contributed by atoms with E-state index in [1.165, 1.54) is 0 Å². The summed E-state index contributed by atoms with van der Waals surface area (Å²) in [5, 5.41) is 8.68. The molecule has 5 rings (SSSR count). The van der Waals surface area contributed by atoms with Crippen molar-refractivity contribution in [2.45, 2.75) is 6.61 Å². The third-order valence-electron chi connectivity index (χ3n) is 5.91. The van der Waals surface area contributed by atoms with Crippen LogP contribution in [0.5, 0.6) is 11.5 Å². The average molecular weight is 580 g/mol. The summed E-state index contributed by atoms with van der Waals surface area (Å²) in [6.07, 6.45) is 1.64. The Morgan fingerprint density at radius 1 is 0.950 bits per heavy atom. The lowest BCUT2D eigenvalue weighted by molar-refractivity contribution is 0.122. The van der Waals surface area contributed by atoms with Crippen LogP contribution in [0.25, 0.3) is 0 Å². The number of aromatic nitrogens is 3. The van der Waals surface area contributed by atoms with Crippen molar-refractivity contribution in [3.63, 3.8) is 0 Å². The number of anilines is 4. The van der Waals surface area contributed by atoms with E-state index < -0.39 is 0 Å². The Bertz CT molecular complexity index is 1470. The molecule has 2 heterocycles. The molecule has 0 saturated carbocycles. The highest BCUT2D eigenvalue weighted by molar-refractivity contribution is 6.35. The van der Waals surface area contributed by atoms with Gasteiger partial charge in [-0.15, -0.1) is 0 Å². The summed E-state index contributed by atoms with van der Waals surface area (Å²) in [6, 6.07) is 20.5. The molecule has 4 aromatic rings. The van der Waals surface area contributed by atoms with E-state index in [0.717, 1.165) is 16.8 Å². The molecule has 10 nitrogen and oxygen atoms in total. The summed E-state index contributed by atoms with van der Waals surface area (Å²) in [7, 11) is 1.58. The van der Waals surface area contributed by atoms with Crippen LogP contribution in [0.1, 0.15) is 11.1 Å². The lowest BCUT2D eigenvalue weighted by Gasteiger charge is -2.27. The number of hydrogen-bond acceptors (Lipinski definition) is 10. The molecule has 1 aromatic heterocycles. The number of ether oxygens (including phenoxy) is 3. The molecule has 0 atom stereocenters. The SMILES string of the molecule is COc1cc(/C=N\Nc2nc(Nc3ccccc3)nc(N3CCOCC3)n2)ccc1OCc1ccc(Cl)cc1Cl. The molecule has 0 aliphatic carbocycles. The fourth-order valence-electron chi connectivity index (χ4n) is 3.87. The number of nitrogens with one attached hydrogen (secondary N) is 2. The van der Waals surface area contributed by atoms with E-state index in [-0.39, 0.29) is 6.61 Å². The van der Waals surface area contributed by atoms with Crippen molar-refractivity contribution >= 4 is 52.9 Å². The van der Waals surface area contributed by atoms with E-state index in [1.54, 1.807) is 25.5 Å². The van der Waals surface area contributed by atoms with Gasteiger partial charge in [-0.1, -0.05) is 47.5 Å². The number of hydrogen-bond donors (Lipinski definition) is 2. The monoisotopic (exact) mass is 579 g/mol. The van der Waals surface area contributed by atoms with Gasteiger partial charge in [0.05, 0.1) is 26.5 Å². The van der Waals surface area contributed by atoms with Gasteiger partial charge in [0, 0.05) is 34.4 Å². The van der Waals surface area contributed by atoms with Gasteiger partial charge in [-0.25, -0.2) is 5.43 Å². The maximum absolute atomic E-state index is 6.26. The zero-order chi connectivity index (χ0) is 27.7. The number of para-hydroxylation sites is 1. The second-order valence-electron chi connectivity index (χ2n) is 8.68. The molecule has 0 amide bonds. The van der Waals surface area contributed by atoms with Gasteiger partial charge >= 0.3 is 0 Å². The van der Waals surface area contributed by atoms with Gasteiger partial charge in [-0.2, -0.15) is 20.1 Å². The van der Waals surface area contributed by atoms with Crippen LogP contribution in [0.2, 0.25) is 10.0 Å². The Labute approximate surface area is 241 Å². The number of hydrazone groups is 1. The Balaban J connectivity index is 1.29. The summed E-state index contributed by atoms with van der Waals surface area (Å²) in [4.78, 5) is 15.7. The smallest absolute Gasteiger partial charge is 0.250 e. The summed E-state index contributed by atoms with van der Waals surface area (Å²) in [5.74, 6) is 2.38. The van der Waals surface area contributed by atoms with Crippen LogP contribution < -0.4 is 25.1 Å². The number of halogens is 2. The van der Waals surface area contributed by atoms with Gasteiger partial charge in [0.25, 0.3) is 0 Å². The van der Waals surface area contributed by atoms with Crippen molar-refractivity contribution in [1.29, 1.82) is 0 Å². The molecule has 2 N–H and O–H groups in total. The normalized spacial score (nSPS) is 13.3. The van der Waals surface area contributed by atoms with E-state index in [4.69, 9.17) is 37.4 Å². The van der Waals surface area contributed by atoms with Gasteiger partial charge in [0.2, 0.25) is 17.8 Å². The number of rotatable bonds is 10. The molecule has 0 spiro atoms. The maximum Gasteiger partial charge on any atom is 0.250 e. The van der Waals surface area contributed by atoms with Crippen LogP contribution in [0.4, 0.5) is 23.5 Å². The van der Waals surface area contributed by atoms with Crippen molar-refractivity contribution in [2.24, 2.45) is 5.10 Å². The minimum absolute atomic E-state index is 0.269. The largest absolute Gasteiger partial charge is 0.493 e. The highest BCUT2D eigenvalue weighted by atomic mass is 35.5. The molecule has 3 aromatic carbocycles. The molecule has 40 heavy (non-hydrogen) atoms. The molecular formula is C28H27Cl2N7O3. The van der Waals surface area contributed by atoms with Crippen LogP contribution in [0.3, 0.4) is 0 Å². The zero-order valence-corrected chi connectivity index (χ0v) is 23.2. The first-order valence-corrected chi connectivity index (χ1v) is 13.3. The average Bonchev–Trinajstić information content (AvgIpc) is 2.98. The van der Waals surface area contributed by atoms with Crippen molar-refractivity contribution in [1.82, 2.24) is 15.0 Å². The molecular weight excluding hydrogens is 553 g/mol. The van der Waals surface area contributed by atoms with Crippen LogP contribution in [-0.4, -0.2) is 54.6 Å². The maximum atomic E-state index is 6.26. The van der Waals surface area contributed by atoms with E-state index in [2.05, 4.69) is 35.7 Å². The second-order valence-corrected chi connectivity index (χ2v) is 9.52. The third kappa shape index (κ3) is 7.29. The molecule has 0 unspecified atom stereocenters. The predicted octanol–water partition coefficient (Wildman–Crippen LogP) is 5.79. The van der Waals surface area contributed by atoms with Gasteiger partial charge in [-0.05, 0) is 48.0 Å². The van der Waals surface area contributed by atoms with Gasteiger partial charge in [-0.3, -0.25) is 0 Å². The van der Waals surface area contributed by atoms with E-state index in [0.29, 0.717) is 65.7 Å². The first-order chi connectivity index (χ1) is 19.6. The van der Waals surface area contributed by atoms with Crippen LogP contribution >= 0.6 is 23.2 Å². The van der Waals surface area contributed by atoms with Crippen molar-refractivity contribution in [3.05, 3.63) is 87.9 Å². The first kappa shape index (κ1) is 27.4. The highest BCUT2D eigenvalue weighted by Crippen LogP contribution is 2.30. The first-order valence-electron chi connectivity index (χ1n) is 12.5. The lowest BCUT2D eigenvalue weighted by Crippen LogP contribution is -2.37. The van der Waals surface area contributed by atoms with Crippen molar-refractivity contribution in [2.75, 3.05) is 49.1 Å². The number of methoxy groups -OCH3 is 1. The zero-order valence-electron chi connectivity index (χ0n) is 21.7. The molecule has 1 fully saturated rings. The fraction of sp³-hybridized carbons (Fsp3) is 0.214. The molecule has 1 aliphatic rings. The third-order valence-corrected chi connectivity index (χ3v) is 6.50. The Kier molecular flexibility index (Phi) is 9.12. The number of nitrogens with zero attached hydrogens (tertiary/aromatic N) is 5. The molecule has 206 valence electrons. The van der Waals surface area contributed by atoms with Gasteiger partial charge in [0.15, 0.2) is 11.5 Å². The minimum atomic E-state index is 0.269. The number of benzene rings is 3. The highest BCUT2D eigenvalue weighted by Gasteiger charge is 2.17. The Morgan fingerprint density at radius 2 is 1.75 bits per heavy atom. The van der Waals surface area contributed by atoms with Crippen LogP contribution in [-0.2, 0) is 11.3 Å². The quantitative estimate of drug-likeness (QED) is 0.178. The Morgan fingerprint density at radius 3 is 2.52 bits per heavy atom. The van der Waals surface area contributed by atoms with Crippen molar-refractivity contribution in [3.8, 4) is 11.5 Å². The summed E-state index contributed by atoms with van der Waals surface area (Å²) >= 11 is 12.2. The lowest BCUT2D eigenvalue weighted by atomic mass is 10.2. The van der Waals surface area contributed by atoms with E-state index >= 15 is 0 Å². The van der Waals surface area contributed by atoms with Gasteiger partial charge in [0.1, 0.15) is 6.61 Å². The van der Waals surface area contributed by atoms with Crippen molar-refractivity contribution < 1.29 is 14.2 Å². The molecule has 1 aliphatic heterocycles. The summed E-state index contributed by atoms with van der Waals surface area (Å²) in [5.41, 5.74) is 5.39. The summed E-state index contributed by atoms with van der Waals surface area (Å²) in [6.45, 7) is 2.88. The van der Waals surface area contributed by atoms with E-state index in [9.17, 15) is 0 Å². The minimum Gasteiger partial charge on any atom is -0.493 e. The predicted molar refractivity (Wildman–Crippen MR) is 158 cm³/mol. The van der Waals surface area contributed by atoms with Gasteiger partial charge < -0.3 is 24.4 Å². The molecule has 0 radical (unpaired) electrons. The van der Waals surface area contributed by atoms with Crippen LogP contribution in [0, 0.1) is 0 Å². The standard InChI is InChI=1S/C28H27Cl2N7O3/c1-38-25-15-19(7-10-24(25)40-18-20-8-9-21(29)16-23(20)30)17-31-36-27-33-26(32-22-5-3-2-4-6-22)34-28(35-27)37-11-13-39-14-12-37/h2-10,15-17H,11-14,18H2,1H3,(H2,32,33,34,35,36)/b31-17-. The molecule has 1 saturated heterocycles. The fourth-order valence-corrected chi connectivity index (χ4v) is 4.33. The second kappa shape index (κ2) is 13.3. The Hall–Kier alpha value is -4.12. The summed E-state index contributed by atoms with van der Waals surface area (Å²) < 4.78 is 16.9. The molecule has 0 bridgehead atoms. The van der Waals surface area contributed by atoms with E-state index in [1.807, 2.05) is 54.6 Å². The molecule has 12 heteroatoms. The van der Waals surface area contributed by atoms with Crippen LogP contribution in [0.15, 0.2) is 71.8 Å². The topological polar surface area (TPSA) is 106 Å². The number of morpholine rings is 1.